The third kappa shape index (κ3) is 2.21. The highest BCUT2D eigenvalue weighted by atomic mass is 16.6. The average molecular weight is 325 g/mol. The second-order valence-electron chi connectivity index (χ2n) is 6.42. The molecule has 1 aromatic heterocycles. The number of carbonyl (C=O) groups excluding carboxylic acids is 2. The minimum absolute atomic E-state index is 0.00687. The Morgan fingerprint density at radius 1 is 1.33 bits per heavy atom. The van der Waals surface area contributed by atoms with Gasteiger partial charge in [-0.15, -0.1) is 0 Å². The van der Waals surface area contributed by atoms with Crippen LogP contribution in [0.3, 0.4) is 0 Å². The first kappa shape index (κ1) is 14.9. The topological polar surface area (TPSA) is 62.7 Å². The number of cyclic esters (lactones) is 1. The summed E-state index contributed by atoms with van der Waals surface area (Å²) in [6.45, 7) is 3.95. The van der Waals surface area contributed by atoms with Crippen LogP contribution in [0, 0.1) is 0 Å². The van der Waals surface area contributed by atoms with Crippen molar-refractivity contribution in [3.8, 4) is 0 Å². The molecule has 2 aliphatic rings. The molecule has 2 aromatic rings. The predicted octanol–water partition coefficient (Wildman–Crippen LogP) is 2.29. The number of ether oxygens (including phenoxy) is 1. The lowest BCUT2D eigenvalue weighted by molar-refractivity contribution is 0.0362. The zero-order valence-corrected chi connectivity index (χ0v) is 13.6. The van der Waals surface area contributed by atoms with E-state index in [2.05, 4.69) is 4.98 Å². The molecule has 0 saturated carbocycles. The lowest BCUT2D eigenvalue weighted by Crippen LogP contribution is -2.62. The van der Waals surface area contributed by atoms with Gasteiger partial charge in [-0.2, -0.15) is 0 Å². The number of hydrogen-bond acceptors (Lipinski definition) is 4. The van der Waals surface area contributed by atoms with E-state index in [0.29, 0.717) is 31.8 Å². The third-order valence-electron chi connectivity index (χ3n) is 5.13. The first-order chi connectivity index (χ1) is 11.6. The van der Waals surface area contributed by atoms with Gasteiger partial charge in [0.15, 0.2) is 0 Å². The van der Waals surface area contributed by atoms with Crippen molar-refractivity contribution >= 4 is 22.9 Å². The average Bonchev–Trinajstić information content (AvgIpc) is 2.97. The Bertz CT molecular complexity index is 822. The van der Waals surface area contributed by atoms with E-state index in [0.717, 1.165) is 17.3 Å². The summed E-state index contributed by atoms with van der Waals surface area (Å²) < 4.78 is 5.23. The summed E-state index contributed by atoms with van der Waals surface area (Å²) in [6, 6.07) is 9.39. The second kappa shape index (κ2) is 5.47. The fraction of sp³-hybridized carbons (Fsp3) is 0.389. The lowest BCUT2D eigenvalue weighted by Gasteiger charge is -2.44. The van der Waals surface area contributed by atoms with Crippen LogP contribution in [0.1, 0.15) is 23.7 Å². The summed E-state index contributed by atoms with van der Waals surface area (Å²) in [7, 11) is 0. The van der Waals surface area contributed by atoms with Crippen LogP contribution < -0.4 is 0 Å². The molecule has 24 heavy (non-hydrogen) atoms. The Labute approximate surface area is 140 Å². The Balaban J connectivity index is 1.61. The summed E-state index contributed by atoms with van der Waals surface area (Å²) in [4.78, 5) is 32.7. The highest BCUT2D eigenvalue weighted by Crippen LogP contribution is 2.32. The van der Waals surface area contributed by atoms with Crippen molar-refractivity contribution in [2.75, 3.05) is 26.2 Å². The Morgan fingerprint density at radius 3 is 3.04 bits per heavy atom. The molecule has 0 bridgehead atoms. The molecular formula is C18H19N3O3. The van der Waals surface area contributed by atoms with Crippen LogP contribution in [0.5, 0.6) is 0 Å². The number of pyridine rings is 1. The molecule has 6 nitrogen and oxygen atoms in total. The maximum atomic E-state index is 12.9. The summed E-state index contributed by atoms with van der Waals surface area (Å²) in [5.74, 6) is -0.00687. The molecule has 124 valence electrons. The van der Waals surface area contributed by atoms with E-state index in [9.17, 15) is 9.59 Å². The molecule has 4 rings (SSSR count). The number of aromatic nitrogens is 1. The van der Waals surface area contributed by atoms with E-state index >= 15 is 0 Å². The van der Waals surface area contributed by atoms with Crippen molar-refractivity contribution in [3.63, 3.8) is 0 Å². The van der Waals surface area contributed by atoms with Gasteiger partial charge in [0.05, 0.1) is 11.1 Å². The van der Waals surface area contributed by atoms with Gasteiger partial charge in [0.2, 0.25) is 0 Å². The van der Waals surface area contributed by atoms with Crippen LogP contribution in [0.25, 0.3) is 10.9 Å². The van der Waals surface area contributed by atoms with Crippen molar-refractivity contribution in [2.45, 2.75) is 18.9 Å². The molecule has 1 aromatic carbocycles. The van der Waals surface area contributed by atoms with Crippen LogP contribution in [0.2, 0.25) is 0 Å². The molecule has 3 heterocycles. The van der Waals surface area contributed by atoms with Gasteiger partial charge in [-0.25, -0.2) is 4.79 Å². The van der Waals surface area contributed by atoms with Crippen LogP contribution in [0.4, 0.5) is 4.79 Å². The van der Waals surface area contributed by atoms with E-state index in [4.69, 9.17) is 4.74 Å². The fourth-order valence-electron chi connectivity index (χ4n) is 3.63. The van der Waals surface area contributed by atoms with Gasteiger partial charge in [0.25, 0.3) is 5.91 Å². The Hall–Kier alpha value is -2.63. The minimum atomic E-state index is -0.386. The van der Waals surface area contributed by atoms with Gasteiger partial charge in [0.1, 0.15) is 6.61 Å². The largest absolute Gasteiger partial charge is 0.447 e. The molecule has 0 radical (unpaired) electrons. The molecular weight excluding hydrogens is 306 g/mol. The molecule has 0 spiro atoms. The van der Waals surface area contributed by atoms with Crippen molar-refractivity contribution in [3.05, 3.63) is 42.1 Å². The van der Waals surface area contributed by atoms with E-state index in [-0.39, 0.29) is 17.5 Å². The lowest BCUT2D eigenvalue weighted by atomic mass is 9.92. The molecule has 0 aliphatic carbocycles. The number of nitrogens with zero attached hydrogens (tertiary/aromatic N) is 3. The molecule has 6 heteroatoms. The van der Waals surface area contributed by atoms with E-state index < -0.39 is 0 Å². The molecule has 2 amide bonds. The quantitative estimate of drug-likeness (QED) is 0.850. The van der Waals surface area contributed by atoms with E-state index in [1.165, 1.54) is 0 Å². The number of carbonyl (C=O) groups is 2. The molecule has 2 aliphatic heterocycles. The van der Waals surface area contributed by atoms with Crippen molar-refractivity contribution in [2.24, 2.45) is 0 Å². The summed E-state index contributed by atoms with van der Waals surface area (Å²) >= 11 is 0. The van der Waals surface area contributed by atoms with Gasteiger partial charge in [-0.05, 0) is 30.7 Å². The van der Waals surface area contributed by atoms with Crippen molar-refractivity contribution < 1.29 is 14.3 Å². The van der Waals surface area contributed by atoms with Gasteiger partial charge in [-0.3, -0.25) is 14.7 Å². The standard InChI is InChI=1S/C18H19N3O3/c1-2-18-11-20(8-9-21(18)17(23)24-12-18)16(22)14-5-6-15-13(10-14)4-3-7-19-15/h3-7,10H,2,8-9,11-12H2,1H3. The number of amides is 2. The Morgan fingerprint density at radius 2 is 2.21 bits per heavy atom. The number of hydrogen-bond donors (Lipinski definition) is 0. The van der Waals surface area contributed by atoms with Crippen LogP contribution in [-0.4, -0.2) is 58.6 Å². The SMILES string of the molecule is CCC12COC(=O)N1CCN(C(=O)c1ccc3ncccc3c1)C2. The minimum Gasteiger partial charge on any atom is -0.447 e. The summed E-state index contributed by atoms with van der Waals surface area (Å²) in [5, 5.41) is 0.951. The summed E-state index contributed by atoms with van der Waals surface area (Å²) in [5.41, 5.74) is 1.14. The molecule has 0 N–H and O–H groups in total. The normalized spacial score (nSPS) is 23.3. The molecule has 1 unspecified atom stereocenters. The van der Waals surface area contributed by atoms with Crippen molar-refractivity contribution in [1.29, 1.82) is 0 Å². The first-order valence-corrected chi connectivity index (χ1v) is 8.21. The van der Waals surface area contributed by atoms with Crippen molar-refractivity contribution in [1.82, 2.24) is 14.8 Å². The fourth-order valence-corrected chi connectivity index (χ4v) is 3.63. The number of rotatable bonds is 2. The maximum Gasteiger partial charge on any atom is 0.410 e. The third-order valence-corrected chi connectivity index (χ3v) is 5.13. The molecule has 1 atom stereocenters. The highest BCUT2D eigenvalue weighted by Gasteiger charge is 2.50. The summed E-state index contributed by atoms with van der Waals surface area (Å²) in [6.07, 6.45) is 2.25. The maximum absolute atomic E-state index is 12.9. The number of benzene rings is 1. The smallest absolute Gasteiger partial charge is 0.410 e. The Kier molecular flexibility index (Phi) is 3.40. The highest BCUT2D eigenvalue weighted by molar-refractivity contribution is 5.98. The van der Waals surface area contributed by atoms with Gasteiger partial charge in [0, 0.05) is 36.8 Å². The van der Waals surface area contributed by atoms with E-state index in [1.807, 2.05) is 42.2 Å². The van der Waals surface area contributed by atoms with Crippen LogP contribution >= 0.6 is 0 Å². The molecule has 2 saturated heterocycles. The van der Waals surface area contributed by atoms with Crippen LogP contribution in [0.15, 0.2) is 36.5 Å². The predicted molar refractivity (Wildman–Crippen MR) is 88.7 cm³/mol. The zero-order chi connectivity index (χ0) is 16.7. The van der Waals surface area contributed by atoms with E-state index in [1.54, 1.807) is 11.1 Å². The van der Waals surface area contributed by atoms with Gasteiger partial charge < -0.3 is 9.64 Å². The van der Waals surface area contributed by atoms with Gasteiger partial charge >= 0.3 is 6.09 Å². The number of fused-ring (bicyclic) bond motifs is 2. The zero-order valence-electron chi connectivity index (χ0n) is 13.6. The first-order valence-electron chi connectivity index (χ1n) is 8.21. The monoisotopic (exact) mass is 325 g/mol. The van der Waals surface area contributed by atoms with Crippen LogP contribution in [-0.2, 0) is 4.74 Å². The number of piperazine rings is 1. The molecule has 2 fully saturated rings. The second-order valence-corrected chi connectivity index (χ2v) is 6.42. The van der Waals surface area contributed by atoms with Gasteiger partial charge in [-0.1, -0.05) is 13.0 Å².